The number of anilines is 2. The van der Waals surface area contributed by atoms with Gasteiger partial charge in [0.15, 0.2) is 0 Å². The predicted molar refractivity (Wildman–Crippen MR) is 98.6 cm³/mol. The van der Waals surface area contributed by atoms with Crippen molar-refractivity contribution in [2.24, 2.45) is 0 Å². The molecule has 0 aliphatic carbocycles. The molecule has 9 heteroatoms. The zero-order chi connectivity index (χ0) is 17.7. The maximum Gasteiger partial charge on any atom is 0.273 e. The van der Waals surface area contributed by atoms with E-state index in [1.54, 1.807) is 0 Å². The molecule has 1 amide bonds. The van der Waals surface area contributed by atoms with E-state index < -0.39 is 4.92 Å². The molecule has 126 valence electrons. The number of nitro groups is 1. The van der Waals surface area contributed by atoms with Crippen LogP contribution in [0, 0.1) is 10.1 Å². The molecule has 0 saturated carbocycles. The minimum absolute atomic E-state index is 0.0281. The molecular formula is C15H13Br2N3O4. The molecule has 24 heavy (non-hydrogen) atoms. The van der Waals surface area contributed by atoms with Crippen LogP contribution in [0.15, 0.2) is 45.3 Å². The molecule has 0 fully saturated rings. The van der Waals surface area contributed by atoms with Crippen LogP contribution in [0.4, 0.5) is 17.1 Å². The van der Waals surface area contributed by atoms with Gasteiger partial charge in [0.1, 0.15) is 5.75 Å². The Morgan fingerprint density at radius 2 is 1.92 bits per heavy atom. The standard InChI is InChI=1S/C15H13Br2N3O4/c1-24-14-7-10(20(22)23)3-5-13(14)19-15(21)8-18-12-4-2-9(16)6-11(12)17/h2-7,18H,8H2,1H3,(H,19,21). The number of amides is 1. The van der Waals surface area contributed by atoms with Gasteiger partial charge >= 0.3 is 0 Å². The lowest BCUT2D eigenvalue weighted by Gasteiger charge is -2.12. The Morgan fingerprint density at radius 1 is 1.21 bits per heavy atom. The van der Waals surface area contributed by atoms with E-state index in [1.807, 2.05) is 18.2 Å². The number of halogens is 2. The Labute approximate surface area is 154 Å². The van der Waals surface area contributed by atoms with Gasteiger partial charge in [-0.25, -0.2) is 0 Å². The topological polar surface area (TPSA) is 93.5 Å². The SMILES string of the molecule is COc1cc([N+](=O)[O-])ccc1NC(=O)CNc1ccc(Br)cc1Br. The number of methoxy groups -OCH3 is 1. The molecule has 2 N–H and O–H groups in total. The Kier molecular flexibility index (Phi) is 6.16. The van der Waals surface area contributed by atoms with E-state index in [4.69, 9.17) is 4.74 Å². The van der Waals surface area contributed by atoms with E-state index in [0.29, 0.717) is 5.69 Å². The number of carbonyl (C=O) groups excluding carboxylic acids is 1. The van der Waals surface area contributed by atoms with Gasteiger partial charge in [-0.1, -0.05) is 15.9 Å². The van der Waals surface area contributed by atoms with Gasteiger partial charge in [0.25, 0.3) is 5.69 Å². The molecule has 0 aromatic heterocycles. The van der Waals surface area contributed by atoms with Gasteiger partial charge in [0.2, 0.25) is 5.91 Å². The Hall–Kier alpha value is -2.13. The van der Waals surface area contributed by atoms with E-state index in [1.165, 1.54) is 25.3 Å². The molecular weight excluding hydrogens is 446 g/mol. The third kappa shape index (κ3) is 4.68. The largest absolute Gasteiger partial charge is 0.494 e. The molecule has 0 atom stereocenters. The molecule has 0 unspecified atom stereocenters. The summed E-state index contributed by atoms with van der Waals surface area (Å²) < 4.78 is 6.81. The van der Waals surface area contributed by atoms with E-state index >= 15 is 0 Å². The molecule has 0 aliphatic rings. The van der Waals surface area contributed by atoms with Crippen LogP contribution in [0.2, 0.25) is 0 Å². The second-order valence-corrected chi connectivity index (χ2v) is 6.44. The highest BCUT2D eigenvalue weighted by atomic mass is 79.9. The third-order valence-electron chi connectivity index (χ3n) is 3.04. The average molecular weight is 459 g/mol. The summed E-state index contributed by atoms with van der Waals surface area (Å²) in [7, 11) is 1.38. The van der Waals surface area contributed by atoms with Gasteiger partial charge in [-0.2, -0.15) is 0 Å². The Bertz CT molecular complexity index is 783. The summed E-state index contributed by atoms with van der Waals surface area (Å²) in [6.45, 7) is 0.0281. The fraction of sp³-hybridized carbons (Fsp3) is 0.133. The van der Waals surface area contributed by atoms with Crippen molar-refractivity contribution in [2.45, 2.75) is 0 Å². The van der Waals surface area contributed by atoms with E-state index in [9.17, 15) is 14.9 Å². The van der Waals surface area contributed by atoms with Gasteiger partial charge in [0, 0.05) is 20.7 Å². The van der Waals surface area contributed by atoms with Crippen LogP contribution < -0.4 is 15.4 Å². The molecule has 0 bridgehead atoms. The molecule has 0 saturated heterocycles. The van der Waals surface area contributed by atoms with Crippen LogP contribution in [-0.4, -0.2) is 24.5 Å². The zero-order valence-corrected chi connectivity index (χ0v) is 15.7. The Balaban J connectivity index is 2.03. The van der Waals surface area contributed by atoms with E-state index in [0.717, 1.165) is 14.6 Å². The lowest BCUT2D eigenvalue weighted by molar-refractivity contribution is -0.384. The first-order valence-corrected chi connectivity index (χ1v) is 8.30. The van der Waals surface area contributed by atoms with Crippen molar-refractivity contribution >= 4 is 54.8 Å². The summed E-state index contributed by atoms with van der Waals surface area (Å²) in [5.74, 6) is -0.0839. The van der Waals surface area contributed by atoms with E-state index in [-0.39, 0.29) is 23.9 Å². The number of ether oxygens (including phenoxy) is 1. The first kappa shape index (κ1) is 18.2. The monoisotopic (exact) mass is 457 g/mol. The Morgan fingerprint density at radius 3 is 2.54 bits per heavy atom. The molecule has 2 aromatic carbocycles. The predicted octanol–water partition coefficient (Wildman–Crippen LogP) is 4.18. The number of hydrogen-bond acceptors (Lipinski definition) is 5. The molecule has 7 nitrogen and oxygen atoms in total. The number of rotatable bonds is 6. The molecule has 0 radical (unpaired) electrons. The van der Waals surface area contributed by atoms with Crippen LogP contribution >= 0.6 is 31.9 Å². The maximum atomic E-state index is 12.1. The van der Waals surface area contributed by atoms with Crippen molar-refractivity contribution in [3.05, 3.63) is 55.5 Å². The normalized spacial score (nSPS) is 10.1. The molecule has 2 rings (SSSR count). The fourth-order valence-electron chi connectivity index (χ4n) is 1.90. The minimum Gasteiger partial charge on any atom is -0.494 e. The van der Waals surface area contributed by atoms with Crippen LogP contribution in [0.25, 0.3) is 0 Å². The summed E-state index contributed by atoms with van der Waals surface area (Å²) in [5.41, 5.74) is 1.02. The van der Waals surface area contributed by atoms with Crippen molar-refractivity contribution in [3.8, 4) is 5.75 Å². The summed E-state index contributed by atoms with van der Waals surface area (Å²) >= 11 is 6.75. The minimum atomic E-state index is -0.527. The number of nitro benzene ring substituents is 1. The van der Waals surface area contributed by atoms with Crippen LogP contribution in [-0.2, 0) is 4.79 Å². The number of nitrogens with one attached hydrogen (secondary N) is 2. The number of carbonyl (C=O) groups is 1. The van der Waals surface area contributed by atoms with Crippen molar-refractivity contribution < 1.29 is 14.5 Å². The summed E-state index contributed by atoms with van der Waals surface area (Å²) in [5, 5.41) is 16.4. The van der Waals surface area contributed by atoms with E-state index in [2.05, 4.69) is 42.5 Å². The molecule has 0 aliphatic heterocycles. The lowest BCUT2D eigenvalue weighted by Crippen LogP contribution is -2.22. The van der Waals surface area contributed by atoms with Crippen LogP contribution in [0.5, 0.6) is 5.75 Å². The first-order valence-electron chi connectivity index (χ1n) is 6.72. The summed E-state index contributed by atoms with van der Waals surface area (Å²) in [6.07, 6.45) is 0. The van der Waals surface area contributed by atoms with Crippen LogP contribution in [0.1, 0.15) is 0 Å². The van der Waals surface area contributed by atoms with Gasteiger partial charge in [-0.15, -0.1) is 0 Å². The van der Waals surface area contributed by atoms with Gasteiger partial charge in [0.05, 0.1) is 30.3 Å². The fourth-order valence-corrected chi connectivity index (χ4v) is 3.09. The zero-order valence-electron chi connectivity index (χ0n) is 12.5. The van der Waals surface area contributed by atoms with Gasteiger partial charge < -0.3 is 15.4 Å². The molecule has 2 aromatic rings. The summed E-state index contributed by atoms with van der Waals surface area (Å²) in [6, 6.07) is 9.54. The second-order valence-electron chi connectivity index (χ2n) is 4.67. The third-order valence-corrected chi connectivity index (χ3v) is 4.19. The number of benzene rings is 2. The van der Waals surface area contributed by atoms with Crippen molar-refractivity contribution in [2.75, 3.05) is 24.3 Å². The molecule has 0 spiro atoms. The highest BCUT2D eigenvalue weighted by molar-refractivity contribution is 9.11. The molecule has 0 heterocycles. The van der Waals surface area contributed by atoms with Gasteiger partial charge in [-0.05, 0) is 40.2 Å². The number of nitrogens with zero attached hydrogens (tertiary/aromatic N) is 1. The smallest absolute Gasteiger partial charge is 0.273 e. The summed E-state index contributed by atoms with van der Waals surface area (Å²) in [4.78, 5) is 22.3. The first-order chi connectivity index (χ1) is 11.4. The lowest BCUT2D eigenvalue weighted by atomic mass is 10.2. The average Bonchev–Trinajstić information content (AvgIpc) is 2.54. The van der Waals surface area contributed by atoms with Crippen molar-refractivity contribution in [3.63, 3.8) is 0 Å². The van der Waals surface area contributed by atoms with Crippen molar-refractivity contribution in [1.82, 2.24) is 0 Å². The highest BCUT2D eigenvalue weighted by Crippen LogP contribution is 2.29. The highest BCUT2D eigenvalue weighted by Gasteiger charge is 2.13. The maximum absolute atomic E-state index is 12.1. The number of hydrogen-bond donors (Lipinski definition) is 2. The quantitative estimate of drug-likeness (QED) is 0.500. The number of non-ortho nitro benzene ring substituents is 1. The second kappa shape index (κ2) is 8.11. The van der Waals surface area contributed by atoms with Crippen LogP contribution in [0.3, 0.4) is 0 Å². The van der Waals surface area contributed by atoms with Crippen molar-refractivity contribution in [1.29, 1.82) is 0 Å². The van der Waals surface area contributed by atoms with Gasteiger partial charge in [-0.3, -0.25) is 14.9 Å².